The Morgan fingerprint density at radius 1 is 1.16 bits per heavy atom. The zero-order valence-electron chi connectivity index (χ0n) is 12.1. The lowest BCUT2D eigenvalue weighted by atomic mass is 9.92. The summed E-state index contributed by atoms with van der Waals surface area (Å²) in [5.74, 6) is 2.46. The molecule has 2 aromatic heterocycles. The molecule has 0 amide bonds. The molecule has 1 fully saturated rings. The second-order valence-electron chi connectivity index (χ2n) is 5.95. The Kier molecular flexibility index (Phi) is 2.92. The third-order valence-electron chi connectivity index (χ3n) is 3.94. The number of hydrogen-bond donors (Lipinski definition) is 0. The molecule has 1 aliphatic rings. The number of piperidine rings is 1. The SMILES string of the molecule is Cc1nn(C)c2c(N3CC(C)CC(C)C3)ncnc12. The van der Waals surface area contributed by atoms with Gasteiger partial charge in [-0.15, -0.1) is 0 Å². The first-order valence-electron chi connectivity index (χ1n) is 6.95. The standard InChI is InChI=1S/C14H21N5/c1-9-5-10(2)7-19(6-9)14-13-12(15-8-16-14)11(3)17-18(13)4/h8-10H,5-7H2,1-4H3. The van der Waals surface area contributed by atoms with Gasteiger partial charge in [-0.1, -0.05) is 13.8 Å². The van der Waals surface area contributed by atoms with Crippen LogP contribution in [0.5, 0.6) is 0 Å². The Balaban J connectivity index is 2.09. The molecule has 0 spiro atoms. The Bertz CT molecular complexity index is 593. The zero-order chi connectivity index (χ0) is 13.6. The molecule has 0 saturated carbocycles. The first kappa shape index (κ1) is 12.4. The molecule has 102 valence electrons. The first-order chi connectivity index (χ1) is 9.06. The summed E-state index contributed by atoms with van der Waals surface area (Å²) in [6.45, 7) is 8.77. The van der Waals surface area contributed by atoms with Crippen molar-refractivity contribution in [3.63, 3.8) is 0 Å². The summed E-state index contributed by atoms with van der Waals surface area (Å²) in [7, 11) is 1.97. The summed E-state index contributed by atoms with van der Waals surface area (Å²) in [5.41, 5.74) is 3.00. The molecule has 5 heteroatoms. The van der Waals surface area contributed by atoms with E-state index < -0.39 is 0 Å². The van der Waals surface area contributed by atoms with Gasteiger partial charge in [0.2, 0.25) is 0 Å². The van der Waals surface area contributed by atoms with Gasteiger partial charge in [0.15, 0.2) is 5.82 Å². The first-order valence-corrected chi connectivity index (χ1v) is 6.95. The van der Waals surface area contributed by atoms with Crippen molar-refractivity contribution in [1.29, 1.82) is 0 Å². The van der Waals surface area contributed by atoms with Crippen LogP contribution in [0.2, 0.25) is 0 Å². The van der Waals surface area contributed by atoms with Crippen LogP contribution < -0.4 is 4.90 Å². The van der Waals surface area contributed by atoms with Crippen LogP contribution in [0, 0.1) is 18.8 Å². The maximum absolute atomic E-state index is 4.53. The molecule has 0 radical (unpaired) electrons. The van der Waals surface area contributed by atoms with E-state index in [9.17, 15) is 0 Å². The number of aromatic nitrogens is 4. The van der Waals surface area contributed by atoms with Crippen molar-refractivity contribution in [2.45, 2.75) is 27.2 Å². The lowest BCUT2D eigenvalue weighted by Gasteiger charge is -2.35. The van der Waals surface area contributed by atoms with Crippen molar-refractivity contribution in [3.05, 3.63) is 12.0 Å². The minimum atomic E-state index is 0.711. The minimum absolute atomic E-state index is 0.711. The monoisotopic (exact) mass is 259 g/mol. The number of aryl methyl sites for hydroxylation is 2. The average Bonchev–Trinajstić information content (AvgIpc) is 2.64. The van der Waals surface area contributed by atoms with Gasteiger partial charge in [-0.05, 0) is 25.2 Å². The summed E-state index contributed by atoms with van der Waals surface area (Å²) >= 11 is 0. The van der Waals surface area contributed by atoms with E-state index in [1.165, 1.54) is 6.42 Å². The largest absolute Gasteiger partial charge is 0.354 e. The van der Waals surface area contributed by atoms with Gasteiger partial charge in [0.25, 0.3) is 0 Å². The van der Waals surface area contributed by atoms with Crippen LogP contribution in [0.3, 0.4) is 0 Å². The fourth-order valence-corrected chi connectivity index (χ4v) is 3.32. The van der Waals surface area contributed by atoms with Crippen LogP contribution >= 0.6 is 0 Å². The van der Waals surface area contributed by atoms with Gasteiger partial charge in [0.05, 0.1) is 5.69 Å². The van der Waals surface area contributed by atoms with E-state index in [4.69, 9.17) is 0 Å². The lowest BCUT2D eigenvalue weighted by molar-refractivity contribution is 0.355. The number of nitrogens with zero attached hydrogens (tertiary/aromatic N) is 5. The van der Waals surface area contributed by atoms with Crippen molar-refractivity contribution < 1.29 is 0 Å². The van der Waals surface area contributed by atoms with Gasteiger partial charge in [0, 0.05) is 20.1 Å². The third kappa shape index (κ3) is 2.07. The molecular formula is C14H21N5. The van der Waals surface area contributed by atoms with Crippen LogP contribution in [0.1, 0.15) is 26.0 Å². The van der Waals surface area contributed by atoms with Gasteiger partial charge in [0.1, 0.15) is 17.4 Å². The average molecular weight is 259 g/mol. The molecule has 19 heavy (non-hydrogen) atoms. The zero-order valence-corrected chi connectivity index (χ0v) is 12.1. The lowest BCUT2D eigenvalue weighted by Crippen LogP contribution is -2.39. The van der Waals surface area contributed by atoms with Crippen molar-refractivity contribution in [3.8, 4) is 0 Å². The van der Waals surface area contributed by atoms with Crippen molar-refractivity contribution in [2.75, 3.05) is 18.0 Å². The molecule has 2 aromatic rings. The molecule has 2 atom stereocenters. The van der Waals surface area contributed by atoms with E-state index in [0.717, 1.165) is 35.6 Å². The highest BCUT2D eigenvalue weighted by molar-refractivity contribution is 5.87. The molecule has 1 aliphatic heterocycles. The van der Waals surface area contributed by atoms with E-state index in [0.29, 0.717) is 11.8 Å². The van der Waals surface area contributed by atoms with Crippen LogP contribution in [-0.2, 0) is 7.05 Å². The van der Waals surface area contributed by atoms with Gasteiger partial charge in [-0.2, -0.15) is 5.10 Å². The third-order valence-corrected chi connectivity index (χ3v) is 3.94. The highest BCUT2D eigenvalue weighted by atomic mass is 15.3. The van der Waals surface area contributed by atoms with Crippen LogP contribution in [0.25, 0.3) is 11.0 Å². The Hall–Kier alpha value is -1.65. The van der Waals surface area contributed by atoms with Crippen molar-refractivity contribution >= 4 is 16.9 Å². The number of rotatable bonds is 1. The highest BCUT2D eigenvalue weighted by Crippen LogP contribution is 2.29. The maximum atomic E-state index is 4.53. The number of anilines is 1. The van der Waals surface area contributed by atoms with E-state index in [1.807, 2.05) is 18.7 Å². The van der Waals surface area contributed by atoms with E-state index >= 15 is 0 Å². The summed E-state index contributed by atoms with van der Waals surface area (Å²) in [6, 6.07) is 0. The maximum Gasteiger partial charge on any atom is 0.158 e. The molecule has 5 nitrogen and oxygen atoms in total. The van der Waals surface area contributed by atoms with Crippen molar-refractivity contribution in [1.82, 2.24) is 19.7 Å². The molecular weight excluding hydrogens is 238 g/mol. The molecule has 3 heterocycles. The second-order valence-corrected chi connectivity index (χ2v) is 5.95. The minimum Gasteiger partial charge on any atom is -0.354 e. The van der Waals surface area contributed by atoms with E-state index in [1.54, 1.807) is 6.33 Å². The Labute approximate surface area is 113 Å². The summed E-state index contributed by atoms with van der Waals surface area (Å²) < 4.78 is 1.91. The fraction of sp³-hybridized carbons (Fsp3) is 0.643. The molecule has 2 unspecified atom stereocenters. The fourth-order valence-electron chi connectivity index (χ4n) is 3.32. The van der Waals surface area contributed by atoms with Crippen LogP contribution in [-0.4, -0.2) is 32.8 Å². The smallest absolute Gasteiger partial charge is 0.158 e. The number of hydrogen-bond acceptors (Lipinski definition) is 4. The summed E-state index contributed by atoms with van der Waals surface area (Å²) in [6.07, 6.45) is 2.96. The second kappa shape index (κ2) is 4.47. The predicted molar refractivity (Wildman–Crippen MR) is 76.2 cm³/mol. The predicted octanol–water partition coefficient (Wildman–Crippen LogP) is 2.15. The molecule has 0 N–H and O–H groups in total. The molecule has 0 aromatic carbocycles. The van der Waals surface area contributed by atoms with Gasteiger partial charge in [-0.3, -0.25) is 4.68 Å². The quantitative estimate of drug-likeness (QED) is 0.787. The molecule has 1 saturated heterocycles. The van der Waals surface area contributed by atoms with Crippen LogP contribution in [0.4, 0.5) is 5.82 Å². The molecule has 0 bridgehead atoms. The van der Waals surface area contributed by atoms with E-state index in [2.05, 4.69) is 33.8 Å². The number of fused-ring (bicyclic) bond motifs is 1. The highest BCUT2D eigenvalue weighted by Gasteiger charge is 2.25. The van der Waals surface area contributed by atoms with Gasteiger partial charge < -0.3 is 4.90 Å². The summed E-state index contributed by atoms with van der Waals surface area (Å²) in [4.78, 5) is 11.3. The topological polar surface area (TPSA) is 46.8 Å². The summed E-state index contributed by atoms with van der Waals surface area (Å²) in [5, 5.41) is 4.47. The van der Waals surface area contributed by atoms with Crippen molar-refractivity contribution in [2.24, 2.45) is 18.9 Å². The Morgan fingerprint density at radius 2 is 1.84 bits per heavy atom. The molecule has 3 rings (SSSR count). The van der Waals surface area contributed by atoms with Gasteiger partial charge in [-0.25, -0.2) is 9.97 Å². The van der Waals surface area contributed by atoms with E-state index in [-0.39, 0.29) is 0 Å². The molecule has 0 aliphatic carbocycles. The Morgan fingerprint density at radius 3 is 2.53 bits per heavy atom. The van der Waals surface area contributed by atoms with Gasteiger partial charge >= 0.3 is 0 Å². The van der Waals surface area contributed by atoms with Crippen LogP contribution in [0.15, 0.2) is 6.33 Å². The normalized spacial score (nSPS) is 24.1.